The molecule has 0 aliphatic carbocycles. The van der Waals surface area contributed by atoms with Crippen LogP contribution in [0.1, 0.15) is 63.3 Å². The number of rotatable bonds is 7. The third-order valence-corrected chi connectivity index (χ3v) is 7.33. The summed E-state index contributed by atoms with van der Waals surface area (Å²) >= 11 is 6.25. The maximum atomic E-state index is 13.3. The lowest BCUT2D eigenvalue weighted by molar-refractivity contribution is -0.135. The number of piperidine rings is 1. The van der Waals surface area contributed by atoms with E-state index in [0.29, 0.717) is 31.3 Å². The molecular weight excluding hydrogens is 432 g/mol. The van der Waals surface area contributed by atoms with Crippen LogP contribution >= 0.6 is 11.6 Å². The minimum absolute atomic E-state index is 0.0605. The van der Waals surface area contributed by atoms with E-state index in [2.05, 4.69) is 23.7 Å². The van der Waals surface area contributed by atoms with Crippen LogP contribution in [-0.4, -0.2) is 53.3 Å². The molecule has 0 saturated carbocycles. The van der Waals surface area contributed by atoms with Crippen LogP contribution in [0.3, 0.4) is 0 Å². The number of amides is 1. The van der Waals surface area contributed by atoms with Crippen molar-refractivity contribution in [2.75, 3.05) is 26.2 Å². The van der Waals surface area contributed by atoms with Gasteiger partial charge in [-0.25, -0.2) is 8.78 Å². The zero-order valence-electron chi connectivity index (χ0n) is 19.0. The predicted molar refractivity (Wildman–Crippen MR) is 125 cm³/mol. The molecule has 2 aliphatic rings. The first-order valence-corrected chi connectivity index (χ1v) is 12.3. The van der Waals surface area contributed by atoms with Gasteiger partial charge >= 0.3 is 0 Å². The molecule has 2 aliphatic heterocycles. The second-order valence-electron chi connectivity index (χ2n) is 9.86. The SMILES string of the molecule is CC(C)CC1c2[nH]c3ccc(Cl)cc3c2CCN1C(=O)CCC1CCN(CC(F)F)CC1. The van der Waals surface area contributed by atoms with Crippen LogP contribution in [0.4, 0.5) is 8.78 Å². The Morgan fingerprint density at radius 1 is 1.22 bits per heavy atom. The summed E-state index contributed by atoms with van der Waals surface area (Å²) < 4.78 is 25.2. The third-order valence-electron chi connectivity index (χ3n) is 7.10. The molecule has 0 bridgehead atoms. The van der Waals surface area contributed by atoms with Crippen LogP contribution in [-0.2, 0) is 11.2 Å². The number of benzene rings is 1. The molecule has 1 fully saturated rings. The number of hydrogen-bond acceptors (Lipinski definition) is 2. The van der Waals surface area contributed by atoms with Gasteiger partial charge in [0.25, 0.3) is 6.43 Å². The number of nitrogens with one attached hydrogen (secondary N) is 1. The van der Waals surface area contributed by atoms with Gasteiger partial charge in [0.2, 0.25) is 5.91 Å². The number of halogens is 3. The average Bonchev–Trinajstić information content (AvgIpc) is 3.11. The lowest BCUT2D eigenvalue weighted by Crippen LogP contribution is -2.41. The van der Waals surface area contributed by atoms with Gasteiger partial charge in [0, 0.05) is 34.6 Å². The minimum atomic E-state index is -2.27. The van der Waals surface area contributed by atoms with Crippen LogP contribution in [0.15, 0.2) is 18.2 Å². The van der Waals surface area contributed by atoms with Crippen molar-refractivity contribution in [3.05, 3.63) is 34.5 Å². The number of carbonyl (C=O) groups excluding carboxylic acids is 1. The number of nitrogens with zero attached hydrogens (tertiary/aromatic N) is 2. The van der Waals surface area contributed by atoms with E-state index in [-0.39, 0.29) is 18.5 Å². The van der Waals surface area contributed by atoms with Crippen LogP contribution in [0.2, 0.25) is 5.02 Å². The Balaban J connectivity index is 1.42. The second-order valence-corrected chi connectivity index (χ2v) is 10.3. The monoisotopic (exact) mass is 465 g/mol. The number of carbonyl (C=O) groups is 1. The van der Waals surface area contributed by atoms with Gasteiger partial charge in [-0.3, -0.25) is 9.69 Å². The summed E-state index contributed by atoms with van der Waals surface area (Å²) in [6.07, 6.45) is 2.69. The van der Waals surface area contributed by atoms with Gasteiger partial charge in [0.1, 0.15) is 0 Å². The Morgan fingerprint density at radius 3 is 2.66 bits per heavy atom. The summed E-state index contributed by atoms with van der Waals surface area (Å²) in [5.74, 6) is 1.13. The van der Waals surface area contributed by atoms with Crippen LogP contribution in [0.25, 0.3) is 10.9 Å². The van der Waals surface area contributed by atoms with E-state index in [0.717, 1.165) is 54.9 Å². The van der Waals surface area contributed by atoms with Crippen molar-refractivity contribution in [3.63, 3.8) is 0 Å². The molecule has 1 atom stereocenters. The van der Waals surface area contributed by atoms with Gasteiger partial charge in [0.05, 0.1) is 12.6 Å². The molecule has 32 heavy (non-hydrogen) atoms. The van der Waals surface area contributed by atoms with E-state index in [4.69, 9.17) is 11.6 Å². The molecule has 0 radical (unpaired) electrons. The molecule has 4 rings (SSSR count). The first-order chi connectivity index (χ1) is 15.3. The smallest absolute Gasteiger partial charge is 0.251 e. The Kier molecular flexibility index (Phi) is 7.40. The summed E-state index contributed by atoms with van der Waals surface area (Å²) in [7, 11) is 0. The molecule has 1 aromatic heterocycles. The lowest BCUT2D eigenvalue weighted by Gasteiger charge is -2.37. The van der Waals surface area contributed by atoms with Gasteiger partial charge in [-0.15, -0.1) is 0 Å². The molecule has 4 nitrogen and oxygen atoms in total. The third kappa shape index (κ3) is 5.28. The average molecular weight is 466 g/mol. The number of fused-ring (bicyclic) bond motifs is 3. The van der Waals surface area contributed by atoms with E-state index in [1.165, 1.54) is 10.9 Å². The predicted octanol–water partition coefficient (Wildman–Crippen LogP) is 6.05. The topological polar surface area (TPSA) is 39.3 Å². The Labute approximate surface area is 194 Å². The molecular formula is C25H34ClF2N3O. The van der Waals surface area contributed by atoms with Gasteiger partial charge in [-0.2, -0.15) is 0 Å². The Hall–Kier alpha value is -1.66. The molecule has 1 aromatic carbocycles. The molecule has 1 unspecified atom stereocenters. The fourth-order valence-corrected chi connectivity index (χ4v) is 5.62. The van der Waals surface area contributed by atoms with Crippen molar-refractivity contribution in [1.29, 1.82) is 0 Å². The maximum Gasteiger partial charge on any atom is 0.251 e. The van der Waals surface area contributed by atoms with Crippen molar-refractivity contribution in [3.8, 4) is 0 Å². The number of alkyl halides is 2. The number of aromatic nitrogens is 1. The van der Waals surface area contributed by atoms with Crippen molar-refractivity contribution in [1.82, 2.24) is 14.8 Å². The highest BCUT2D eigenvalue weighted by Crippen LogP contribution is 2.39. The van der Waals surface area contributed by atoms with Gasteiger partial charge in [0.15, 0.2) is 0 Å². The summed E-state index contributed by atoms with van der Waals surface area (Å²) in [5, 5.41) is 1.90. The van der Waals surface area contributed by atoms with E-state index in [9.17, 15) is 13.6 Å². The van der Waals surface area contributed by atoms with E-state index in [1.54, 1.807) is 0 Å². The van der Waals surface area contributed by atoms with Gasteiger partial charge in [-0.05, 0) is 80.8 Å². The number of aromatic amines is 1. The highest BCUT2D eigenvalue weighted by molar-refractivity contribution is 6.31. The maximum absolute atomic E-state index is 13.3. The summed E-state index contributed by atoms with van der Waals surface area (Å²) in [4.78, 5) is 20.8. The minimum Gasteiger partial charge on any atom is -0.356 e. The molecule has 3 heterocycles. The van der Waals surface area contributed by atoms with E-state index in [1.807, 2.05) is 23.1 Å². The van der Waals surface area contributed by atoms with Crippen molar-refractivity contribution < 1.29 is 13.6 Å². The molecule has 176 valence electrons. The first kappa shape index (κ1) is 23.5. The summed E-state index contributed by atoms with van der Waals surface area (Å²) in [5.41, 5.74) is 3.54. The van der Waals surface area contributed by atoms with Crippen LogP contribution in [0, 0.1) is 11.8 Å². The van der Waals surface area contributed by atoms with Crippen molar-refractivity contribution in [2.45, 2.75) is 64.8 Å². The van der Waals surface area contributed by atoms with Gasteiger partial charge < -0.3 is 9.88 Å². The highest BCUT2D eigenvalue weighted by Gasteiger charge is 2.34. The Bertz CT molecular complexity index is 937. The highest BCUT2D eigenvalue weighted by atomic mass is 35.5. The number of H-pyrrole nitrogens is 1. The van der Waals surface area contributed by atoms with Crippen molar-refractivity contribution >= 4 is 28.4 Å². The van der Waals surface area contributed by atoms with Crippen molar-refractivity contribution in [2.24, 2.45) is 11.8 Å². The van der Waals surface area contributed by atoms with E-state index < -0.39 is 6.43 Å². The number of hydrogen-bond donors (Lipinski definition) is 1. The Morgan fingerprint density at radius 2 is 1.97 bits per heavy atom. The molecule has 0 spiro atoms. The molecule has 1 saturated heterocycles. The molecule has 2 aromatic rings. The fourth-order valence-electron chi connectivity index (χ4n) is 5.45. The van der Waals surface area contributed by atoms with Crippen LogP contribution in [0.5, 0.6) is 0 Å². The molecule has 7 heteroatoms. The largest absolute Gasteiger partial charge is 0.356 e. The van der Waals surface area contributed by atoms with E-state index >= 15 is 0 Å². The van der Waals surface area contributed by atoms with Gasteiger partial charge in [-0.1, -0.05) is 25.4 Å². The zero-order chi connectivity index (χ0) is 22.8. The molecule has 1 amide bonds. The lowest BCUT2D eigenvalue weighted by atomic mass is 9.89. The van der Waals surface area contributed by atoms with Crippen LogP contribution < -0.4 is 0 Å². The summed E-state index contributed by atoms with van der Waals surface area (Å²) in [6, 6.07) is 6.01. The fraction of sp³-hybridized carbons (Fsp3) is 0.640. The quantitative estimate of drug-likeness (QED) is 0.540. The number of likely N-dealkylation sites (tertiary alicyclic amines) is 1. The normalized spacial score (nSPS) is 20.5. The first-order valence-electron chi connectivity index (χ1n) is 11.9. The standard InChI is InChI=1S/C25H34ClF2N3O/c1-16(2)13-22-25-19(20-14-18(26)4-5-21(20)29-25)9-12-31(22)24(32)6-3-17-7-10-30(11-8-17)15-23(27)28/h4-5,14,16-17,22-23,29H,3,6-13,15H2,1-2H3. The molecule has 1 N–H and O–H groups in total. The summed E-state index contributed by atoms with van der Waals surface area (Å²) in [6.45, 7) is 6.42. The second kappa shape index (κ2) is 10.1. The zero-order valence-corrected chi connectivity index (χ0v) is 19.8.